The molecule has 0 amide bonds. The van der Waals surface area contributed by atoms with Gasteiger partial charge < -0.3 is 9.84 Å². The third kappa shape index (κ3) is 1.99. The Hall–Kier alpha value is -1.16. The second kappa shape index (κ2) is 3.79. The molecule has 0 fully saturated rings. The quantitative estimate of drug-likeness (QED) is 0.483. The second-order valence-corrected chi connectivity index (χ2v) is 1.75. The lowest BCUT2D eigenvalue weighted by molar-refractivity contribution is 0.369. The zero-order valence-corrected chi connectivity index (χ0v) is 5.58. The Kier molecular flexibility index (Phi) is 2.63. The van der Waals surface area contributed by atoms with Crippen molar-refractivity contribution in [1.82, 2.24) is 15.5 Å². The van der Waals surface area contributed by atoms with Gasteiger partial charge in [-0.15, -0.1) is 6.58 Å². The van der Waals surface area contributed by atoms with Crippen LogP contribution >= 0.6 is 0 Å². The molecule has 4 nitrogen and oxygen atoms in total. The van der Waals surface area contributed by atoms with Crippen LogP contribution in [0.5, 0.6) is 0 Å². The molecule has 1 heterocycles. The number of aromatic nitrogens is 2. The van der Waals surface area contributed by atoms with E-state index in [2.05, 4.69) is 22.0 Å². The normalized spacial score (nSPS) is 9.60. The van der Waals surface area contributed by atoms with Gasteiger partial charge >= 0.3 is 0 Å². The van der Waals surface area contributed by atoms with E-state index in [1.165, 1.54) is 6.33 Å². The van der Waals surface area contributed by atoms with Crippen molar-refractivity contribution in [2.45, 2.75) is 6.54 Å². The van der Waals surface area contributed by atoms with Crippen molar-refractivity contribution < 1.29 is 4.52 Å². The van der Waals surface area contributed by atoms with Gasteiger partial charge in [-0.05, 0) is 0 Å². The van der Waals surface area contributed by atoms with Crippen LogP contribution in [0, 0.1) is 0 Å². The molecule has 0 saturated heterocycles. The fourth-order valence-corrected chi connectivity index (χ4v) is 0.555. The molecule has 0 atom stereocenters. The molecule has 1 N–H and O–H groups in total. The molecule has 0 aliphatic heterocycles. The van der Waals surface area contributed by atoms with Crippen molar-refractivity contribution in [2.24, 2.45) is 0 Å². The van der Waals surface area contributed by atoms with Crippen LogP contribution in [-0.4, -0.2) is 16.7 Å². The van der Waals surface area contributed by atoms with E-state index < -0.39 is 0 Å². The van der Waals surface area contributed by atoms with Crippen LogP contribution in [0.2, 0.25) is 0 Å². The van der Waals surface area contributed by atoms with E-state index in [9.17, 15) is 0 Å². The molecular weight excluding hydrogens is 130 g/mol. The van der Waals surface area contributed by atoms with Crippen molar-refractivity contribution in [3.63, 3.8) is 0 Å². The van der Waals surface area contributed by atoms with Gasteiger partial charge in [-0.3, -0.25) is 0 Å². The number of nitrogens with one attached hydrogen (secondary N) is 1. The van der Waals surface area contributed by atoms with Gasteiger partial charge in [0.25, 0.3) is 0 Å². The van der Waals surface area contributed by atoms with Crippen LogP contribution in [0.25, 0.3) is 0 Å². The van der Waals surface area contributed by atoms with Crippen LogP contribution in [-0.2, 0) is 6.54 Å². The van der Waals surface area contributed by atoms with Crippen LogP contribution in [0.3, 0.4) is 0 Å². The molecule has 54 valence electrons. The number of hydrogen-bond donors (Lipinski definition) is 1. The van der Waals surface area contributed by atoms with E-state index in [1.807, 2.05) is 0 Å². The fraction of sp³-hybridized carbons (Fsp3) is 0.333. The predicted molar refractivity (Wildman–Crippen MR) is 36.2 cm³/mol. The van der Waals surface area contributed by atoms with Crippen molar-refractivity contribution in [3.8, 4) is 0 Å². The highest BCUT2D eigenvalue weighted by Gasteiger charge is 1.94. The maximum atomic E-state index is 4.72. The summed E-state index contributed by atoms with van der Waals surface area (Å²) in [5.41, 5.74) is 0. The summed E-state index contributed by atoms with van der Waals surface area (Å²) in [7, 11) is 0. The lowest BCUT2D eigenvalue weighted by Gasteiger charge is -1.92. The highest BCUT2D eigenvalue weighted by Crippen LogP contribution is 1.87. The standard InChI is InChI=1S/C6H9N3O/c1-2-3-7-4-6-8-5-9-10-6/h2,5,7H,1,3-4H2. The van der Waals surface area contributed by atoms with Crippen LogP contribution < -0.4 is 5.32 Å². The lowest BCUT2D eigenvalue weighted by Crippen LogP contribution is -2.12. The first-order chi connectivity index (χ1) is 4.93. The van der Waals surface area contributed by atoms with Crippen LogP contribution in [0.15, 0.2) is 23.5 Å². The predicted octanol–water partition coefficient (Wildman–Crippen LogP) is 0.345. The molecule has 0 saturated carbocycles. The van der Waals surface area contributed by atoms with Gasteiger partial charge in [0.15, 0.2) is 6.33 Å². The number of rotatable bonds is 4. The maximum Gasteiger partial charge on any atom is 0.240 e. The first kappa shape index (κ1) is 6.95. The molecule has 0 unspecified atom stereocenters. The Labute approximate surface area is 58.9 Å². The molecular formula is C6H9N3O. The van der Waals surface area contributed by atoms with Crippen molar-refractivity contribution in [3.05, 3.63) is 24.9 Å². The molecule has 10 heavy (non-hydrogen) atoms. The number of hydrogen-bond acceptors (Lipinski definition) is 4. The summed E-state index contributed by atoms with van der Waals surface area (Å²) < 4.78 is 4.72. The molecule has 1 aromatic heterocycles. The summed E-state index contributed by atoms with van der Waals surface area (Å²) in [5.74, 6) is 0.599. The first-order valence-corrected chi connectivity index (χ1v) is 3.00. The van der Waals surface area contributed by atoms with E-state index in [0.717, 1.165) is 6.54 Å². The average molecular weight is 139 g/mol. The summed E-state index contributed by atoms with van der Waals surface area (Å²) in [4.78, 5) is 3.81. The molecule has 0 bridgehead atoms. The Morgan fingerprint density at radius 1 is 1.80 bits per heavy atom. The zero-order valence-electron chi connectivity index (χ0n) is 5.58. The Bertz CT molecular complexity index is 183. The van der Waals surface area contributed by atoms with Crippen LogP contribution in [0.1, 0.15) is 5.89 Å². The van der Waals surface area contributed by atoms with E-state index >= 15 is 0 Å². The Balaban J connectivity index is 2.21. The third-order valence-electron chi connectivity index (χ3n) is 0.972. The number of nitrogens with zero attached hydrogens (tertiary/aromatic N) is 2. The van der Waals surface area contributed by atoms with Crippen molar-refractivity contribution in [1.29, 1.82) is 0 Å². The summed E-state index contributed by atoms with van der Waals surface area (Å²) in [6.07, 6.45) is 3.15. The van der Waals surface area contributed by atoms with Crippen LogP contribution in [0.4, 0.5) is 0 Å². The van der Waals surface area contributed by atoms with E-state index in [0.29, 0.717) is 12.4 Å². The molecule has 0 aliphatic rings. The SMILES string of the molecule is C=CCNCc1ncno1. The molecule has 0 spiro atoms. The van der Waals surface area contributed by atoms with Gasteiger partial charge in [-0.2, -0.15) is 4.98 Å². The molecule has 1 aromatic rings. The Morgan fingerprint density at radius 3 is 3.30 bits per heavy atom. The molecule has 0 radical (unpaired) electrons. The van der Waals surface area contributed by atoms with E-state index in [-0.39, 0.29) is 0 Å². The smallest absolute Gasteiger partial charge is 0.240 e. The highest BCUT2D eigenvalue weighted by molar-refractivity contribution is 4.76. The van der Waals surface area contributed by atoms with Gasteiger partial charge in [0.05, 0.1) is 6.54 Å². The summed E-state index contributed by atoms with van der Waals surface area (Å²) in [6.45, 7) is 4.91. The fourth-order valence-electron chi connectivity index (χ4n) is 0.555. The minimum absolute atomic E-state index is 0.599. The molecule has 0 aliphatic carbocycles. The Morgan fingerprint density at radius 2 is 2.70 bits per heavy atom. The van der Waals surface area contributed by atoms with E-state index in [4.69, 9.17) is 4.52 Å². The summed E-state index contributed by atoms with van der Waals surface area (Å²) in [5, 5.41) is 6.47. The summed E-state index contributed by atoms with van der Waals surface area (Å²) in [6, 6.07) is 0. The zero-order chi connectivity index (χ0) is 7.23. The molecule has 0 aromatic carbocycles. The van der Waals surface area contributed by atoms with E-state index in [1.54, 1.807) is 6.08 Å². The topological polar surface area (TPSA) is 51.0 Å². The highest BCUT2D eigenvalue weighted by atomic mass is 16.5. The van der Waals surface area contributed by atoms with Gasteiger partial charge in [-0.25, -0.2) is 0 Å². The van der Waals surface area contributed by atoms with Crippen molar-refractivity contribution >= 4 is 0 Å². The minimum Gasteiger partial charge on any atom is -0.338 e. The monoisotopic (exact) mass is 139 g/mol. The van der Waals surface area contributed by atoms with Gasteiger partial charge in [-0.1, -0.05) is 11.2 Å². The van der Waals surface area contributed by atoms with Gasteiger partial charge in [0.1, 0.15) is 0 Å². The minimum atomic E-state index is 0.599. The lowest BCUT2D eigenvalue weighted by atomic mass is 10.5. The molecule has 4 heteroatoms. The second-order valence-electron chi connectivity index (χ2n) is 1.75. The molecule has 1 rings (SSSR count). The summed E-state index contributed by atoms with van der Waals surface area (Å²) >= 11 is 0. The third-order valence-corrected chi connectivity index (χ3v) is 0.972. The van der Waals surface area contributed by atoms with Gasteiger partial charge in [0, 0.05) is 6.54 Å². The largest absolute Gasteiger partial charge is 0.338 e. The maximum absolute atomic E-state index is 4.72. The van der Waals surface area contributed by atoms with Crippen molar-refractivity contribution in [2.75, 3.05) is 6.54 Å². The first-order valence-electron chi connectivity index (χ1n) is 3.00. The average Bonchev–Trinajstić information content (AvgIpc) is 2.41. The van der Waals surface area contributed by atoms with Gasteiger partial charge in [0.2, 0.25) is 5.89 Å².